The van der Waals surface area contributed by atoms with E-state index in [2.05, 4.69) is 5.32 Å². The second kappa shape index (κ2) is 5.24. The Morgan fingerprint density at radius 2 is 2.21 bits per heavy atom. The van der Waals surface area contributed by atoms with E-state index in [1.807, 2.05) is 12.3 Å². The molecule has 0 saturated heterocycles. The van der Waals surface area contributed by atoms with Crippen LogP contribution in [0.2, 0.25) is 0 Å². The van der Waals surface area contributed by atoms with Gasteiger partial charge in [0.2, 0.25) is 0 Å². The predicted molar refractivity (Wildman–Crippen MR) is 58.8 cm³/mol. The zero-order chi connectivity index (χ0) is 10.6. The molecule has 0 amide bonds. The molecule has 0 aliphatic heterocycles. The second-order valence-electron chi connectivity index (χ2n) is 2.97. The van der Waals surface area contributed by atoms with E-state index in [9.17, 15) is 10.2 Å². The average molecular weight is 213 g/mol. The molecular weight excluding hydrogens is 198 g/mol. The summed E-state index contributed by atoms with van der Waals surface area (Å²) in [4.78, 5) is 0.746. The highest BCUT2D eigenvalue weighted by atomic mass is 32.2. The number of hydrogen-bond acceptors (Lipinski definition) is 4. The Bertz CT molecular complexity index is 304. The van der Waals surface area contributed by atoms with Crippen LogP contribution in [0.4, 0.5) is 0 Å². The third-order valence-electron chi connectivity index (χ3n) is 1.99. The predicted octanol–water partition coefficient (Wildman–Crippen LogP) is 1.37. The van der Waals surface area contributed by atoms with Crippen LogP contribution in [0.5, 0.6) is 5.75 Å². The van der Waals surface area contributed by atoms with Gasteiger partial charge in [-0.05, 0) is 24.9 Å². The summed E-state index contributed by atoms with van der Waals surface area (Å²) in [7, 11) is 1.78. The first kappa shape index (κ1) is 11.4. The minimum absolute atomic E-state index is 0.227. The highest BCUT2D eigenvalue weighted by Gasteiger charge is 2.13. The van der Waals surface area contributed by atoms with Gasteiger partial charge in [0.15, 0.2) is 0 Å². The fourth-order valence-electron chi connectivity index (χ4n) is 1.33. The molecule has 1 aromatic rings. The number of thioether (sulfide) groups is 1. The topological polar surface area (TPSA) is 52.5 Å². The first-order chi connectivity index (χ1) is 6.70. The van der Waals surface area contributed by atoms with Crippen molar-refractivity contribution < 1.29 is 10.2 Å². The number of phenols is 1. The quantitative estimate of drug-likeness (QED) is 0.661. The highest BCUT2D eigenvalue weighted by Crippen LogP contribution is 2.33. The first-order valence-corrected chi connectivity index (χ1v) is 5.61. The van der Waals surface area contributed by atoms with Gasteiger partial charge in [-0.15, -0.1) is 11.8 Å². The van der Waals surface area contributed by atoms with Crippen molar-refractivity contribution in [1.29, 1.82) is 0 Å². The Morgan fingerprint density at radius 3 is 2.79 bits per heavy atom. The maximum atomic E-state index is 9.77. The van der Waals surface area contributed by atoms with Crippen molar-refractivity contribution in [3.05, 3.63) is 23.8 Å². The number of aromatic hydroxyl groups is 1. The molecule has 0 aromatic heterocycles. The molecule has 0 fully saturated rings. The average Bonchev–Trinajstić information content (AvgIpc) is 2.17. The molecule has 0 aliphatic carbocycles. The minimum Gasteiger partial charge on any atom is -0.507 e. The number of benzene rings is 1. The molecule has 78 valence electrons. The molecule has 1 rings (SSSR count). The van der Waals surface area contributed by atoms with Gasteiger partial charge < -0.3 is 15.5 Å². The molecule has 14 heavy (non-hydrogen) atoms. The molecule has 1 aromatic carbocycles. The zero-order valence-electron chi connectivity index (χ0n) is 8.32. The number of hydrogen-bond donors (Lipinski definition) is 3. The molecule has 1 atom stereocenters. The van der Waals surface area contributed by atoms with Crippen molar-refractivity contribution in [2.45, 2.75) is 11.0 Å². The van der Waals surface area contributed by atoms with E-state index in [1.165, 1.54) is 11.8 Å². The monoisotopic (exact) mass is 213 g/mol. The van der Waals surface area contributed by atoms with Crippen molar-refractivity contribution in [2.75, 3.05) is 19.8 Å². The van der Waals surface area contributed by atoms with Gasteiger partial charge in [0.1, 0.15) is 5.75 Å². The Kier molecular flexibility index (Phi) is 4.25. The lowest BCUT2D eigenvalue weighted by atomic mass is 10.1. The normalized spacial score (nSPS) is 12.8. The smallest absolute Gasteiger partial charge is 0.129 e. The maximum Gasteiger partial charge on any atom is 0.129 e. The summed E-state index contributed by atoms with van der Waals surface area (Å²) < 4.78 is 0. The van der Waals surface area contributed by atoms with Gasteiger partial charge in [-0.1, -0.05) is 12.1 Å². The van der Waals surface area contributed by atoms with E-state index >= 15 is 0 Å². The number of aliphatic hydroxyl groups excluding tert-OH is 1. The van der Waals surface area contributed by atoms with Crippen molar-refractivity contribution in [1.82, 2.24) is 5.32 Å². The second-order valence-corrected chi connectivity index (χ2v) is 3.79. The summed E-state index contributed by atoms with van der Waals surface area (Å²) in [5, 5.41) is 22.2. The molecule has 0 heterocycles. The Morgan fingerprint density at radius 1 is 1.50 bits per heavy atom. The van der Waals surface area contributed by atoms with Crippen LogP contribution in [-0.4, -0.2) is 30.1 Å². The summed E-state index contributed by atoms with van der Waals surface area (Å²) in [5.74, 6) is 0.227. The molecule has 0 radical (unpaired) electrons. The van der Waals surface area contributed by atoms with Gasteiger partial charge in [0.25, 0.3) is 0 Å². The van der Waals surface area contributed by atoms with E-state index < -0.39 is 6.10 Å². The van der Waals surface area contributed by atoms with Gasteiger partial charge >= 0.3 is 0 Å². The first-order valence-electron chi connectivity index (χ1n) is 4.39. The van der Waals surface area contributed by atoms with E-state index in [0.717, 1.165) is 10.5 Å². The number of phenolic OH excluding ortho intramolecular Hbond substituents is 1. The number of likely N-dealkylation sites (N-methyl/N-ethyl adjacent to an activating group) is 1. The van der Waals surface area contributed by atoms with E-state index in [1.54, 1.807) is 19.2 Å². The van der Waals surface area contributed by atoms with Crippen LogP contribution in [0.15, 0.2) is 23.1 Å². The van der Waals surface area contributed by atoms with Gasteiger partial charge in [0, 0.05) is 6.54 Å². The van der Waals surface area contributed by atoms with E-state index in [4.69, 9.17) is 0 Å². The molecule has 4 heteroatoms. The summed E-state index contributed by atoms with van der Waals surface area (Å²) in [6.07, 6.45) is 1.31. The summed E-state index contributed by atoms with van der Waals surface area (Å²) >= 11 is 1.44. The Balaban J connectivity index is 3.00. The zero-order valence-corrected chi connectivity index (χ0v) is 9.14. The van der Waals surface area contributed by atoms with Crippen LogP contribution in [0, 0.1) is 0 Å². The van der Waals surface area contributed by atoms with Gasteiger partial charge in [-0.25, -0.2) is 0 Å². The fourth-order valence-corrected chi connectivity index (χ4v) is 2.05. The molecule has 3 nitrogen and oxygen atoms in total. The standard InChI is InChI=1S/C10H15NO2S/c1-11-6-9(13)7-4-3-5-8(12)10(7)14-2/h3-5,9,11-13H,6H2,1-2H3. The lowest BCUT2D eigenvalue weighted by Crippen LogP contribution is -2.17. The Hall–Kier alpha value is -0.710. The third kappa shape index (κ3) is 2.41. The molecule has 1 unspecified atom stereocenters. The van der Waals surface area contributed by atoms with E-state index in [0.29, 0.717) is 6.54 Å². The van der Waals surface area contributed by atoms with Crippen molar-refractivity contribution in [3.8, 4) is 5.75 Å². The van der Waals surface area contributed by atoms with Crippen LogP contribution in [0.25, 0.3) is 0 Å². The summed E-state index contributed by atoms with van der Waals surface area (Å²) in [6.45, 7) is 0.483. The summed E-state index contributed by atoms with van der Waals surface area (Å²) in [5.41, 5.74) is 0.770. The summed E-state index contributed by atoms with van der Waals surface area (Å²) in [6, 6.07) is 5.19. The van der Waals surface area contributed by atoms with Crippen LogP contribution < -0.4 is 5.32 Å². The largest absolute Gasteiger partial charge is 0.507 e. The van der Waals surface area contributed by atoms with Gasteiger partial charge in [-0.2, -0.15) is 0 Å². The molecule has 3 N–H and O–H groups in total. The van der Waals surface area contributed by atoms with Crippen molar-refractivity contribution in [3.63, 3.8) is 0 Å². The lowest BCUT2D eigenvalue weighted by Gasteiger charge is -2.14. The maximum absolute atomic E-state index is 9.77. The Labute approximate surface area is 88.2 Å². The van der Waals surface area contributed by atoms with Gasteiger partial charge in [0.05, 0.1) is 11.0 Å². The van der Waals surface area contributed by atoms with Crippen LogP contribution >= 0.6 is 11.8 Å². The third-order valence-corrected chi connectivity index (χ3v) is 2.84. The molecule has 0 spiro atoms. The van der Waals surface area contributed by atoms with Gasteiger partial charge in [-0.3, -0.25) is 0 Å². The molecule has 0 saturated carbocycles. The van der Waals surface area contributed by atoms with Crippen molar-refractivity contribution in [2.24, 2.45) is 0 Å². The molecule has 0 bridgehead atoms. The number of rotatable bonds is 4. The SMILES string of the molecule is CNCC(O)c1cccc(O)c1SC. The van der Waals surface area contributed by atoms with Crippen LogP contribution in [0.3, 0.4) is 0 Å². The van der Waals surface area contributed by atoms with Crippen LogP contribution in [0.1, 0.15) is 11.7 Å². The number of aliphatic hydroxyl groups is 1. The minimum atomic E-state index is -0.574. The van der Waals surface area contributed by atoms with Crippen molar-refractivity contribution >= 4 is 11.8 Å². The lowest BCUT2D eigenvalue weighted by molar-refractivity contribution is 0.174. The molecular formula is C10H15NO2S. The van der Waals surface area contributed by atoms with Crippen LogP contribution in [-0.2, 0) is 0 Å². The fraction of sp³-hybridized carbons (Fsp3) is 0.400. The highest BCUT2D eigenvalue weighted by molar-refractivity contribution is 7.98. The molecule has 0 aliphatic rings. The van der Waals surface area contributed by atoms with E-state index in [-0.39, 0.29) is 5.75 Å². The number of nitrogens with one attached hydrogen (secondary N) is 1.